The number of nitrogens with zero attached hydrogens (tertiary/aromatic N) is 3. The maximum absolute atomic E-state index is 14.9. The second kappa shape index (κ2) is 20.8. The number of benzene rings is 4. The lowest BCUT2D eigenvalue weighted by Gasteiger charge is -2.22. The number of methoxy groups -OCH3 is 1. The number of carboxylic acid groups (broad SMARTS) is 2. The quantitative estimate of drug-likeness (QED) is 0.110. The summed E-state index contributed by atoms with van der Waals surface area (Å²) in [6.07, 6.45) is 2.64. The van der Waals surface area contributed by atoms with Gasteiger partial charge in [-0.15, -0.1) is 0 Å². The fraction of sp³-hybridized carbons (Fsp3) is 0.304. The van der Waals surface area contributed by atoms with E-state index in [1.165, 1.54) is 24.0 Å². The van der Waals surface area contributed by atoms with Gasteiger partial charge in [0.05, 0.1) is 28.9 Å². The number of halogens is 3. The molecular weight excluding hydrogens is 794 g/mol. The van der Waals surface area contributed by atoms with E-state index >= 15 is 0 Å². The van der Waals surface area contributed by atoms with E-state index in [-0.39, 0.29) is 38.8 Å². The predicted molar refractivity (Wildman–Crippen MR) is 234 cm³/mol. The van der Waals surface area contributed by atoms with Crippen LogP contribution >= 0.6 is 11.6 Å². The molecule has 14 heteroatoms. The molecule has 0 atom stereocenters. The second-order valence-electron chi connectivity index (χ2n) is 15.3. The number of carbonyl (C=O) groups is 2. The fourth-order valence-electron chi connectivity index (χ4n) is 6.63. The Morgan fingerprint density at radius 2 is 1.30 bits per heavy atom. The van der Waals surface area contributed by atoms with E-state index < -0.39 is 34.4 Å². The van der Waals surface area contributed by atoms with Gasteiger partial charge in [0.1, 0.15) is 28.5 Å². The molecule has 0 bridgehead atoms. The molecule has 2 aromatic heterocycles. The summed E-state index contributed by atoms with van der Waals surface area (Å²) in [6.45, 7) is 12.3. The van der Waals surface area contributed by atoms with Crippen molar-refractivity contribution in [3.63, 3.8) is 0 Å². The van der Waals surface area contributed by atoms with Crippen molar-refractivity contribution in [2.45, 2.75) is 60.8 Å². The van der Waals surface area contributed by atoms with Gasteiger partial charge in [-0.3, -0.25) is 9.59 Å². The van der Waals surface area contributed by atoms with Crippen LogP contribution in [0.2, 0.25) is 5.02 Å². The number of aromatic carboxylic acids is 2. The van der Waals surface area contributed by atoms with Gasteiger partial charge in [-0.05, 0) is 73.3 Å². The summed E-state index contributed by atoms with van der Waals surface area (Å²) in [5.41, 5.74) is 2.64. The molecule has 0 radical (unpaired) electrons. The molecule has 2 heterocycles. The zero-order valence-electron chi connectivity index (χ0n) is 35.0. The number of hydrogen-bond acceptors (Lipinski definition) is 7. The maximum atomic E-state index is 14.9. The third-order valence-corrected chi connectivity index (χ3v) is 9.57. The van der Waals surface area contributed by atoms with E-state index in [4.69, 9.17) is 21.4 Å². The number of rotatable bonds is 12. The monoisotopic (exact) mass is 844 g/mol. The average Bonchev–Trinajstić information content (AvgIpc) is 3.17. The minimum absolute atomic E-state index is 0.0208. The molecule has 0 amide bonds. The fourth-order valence-corrected chi connectivity index (χ4v) is 6.78. The van der Waals surface area contributed by atoms with Crippen LogP contribution < -0.4 is 25.8 Å². The highest BCUT2D eigenvalue weighted by Crippen LogP contribution is 2.27. The van der Waals surface area contributed by atoms with E-state index in [0.29, 0.717) is 36.4 Å². The average molecular weight is 845 g/mol. The van der Waals surface area contributed by atoms with E-state index in [9.17, 15) is 33.1 Å². The number of aromatic nitrogens is 2. The van der Waals surface area contributed by atoms with Gasteiger partial charge in [-0.25, -0.2) is 18.4 Å². The van der Waals surface area contributed by atoms with E-state index in [1.807, 2.05) is 84.1 Å². The number of carboxylic acids is 2. The molecule has 0 saturated carbocycles. The summed E-state index contributed by atoms with van der Waals surface area (Å²) in [5, 5.41) is 21.5. The Hall–Kier alpha value is -6.05. The number of pyridine rings is 2. The molecule has 0 aliphatic heterocycles. The van der Waals surface area contributed by atoms with Crippen LogP contribution in [0.3, 0.4) is 0 Å². The molecule has 318 valence electrons. The third kappa shape index (κ3) is 11.8. The molecule has 0 fully saturated rings. The maximum Gasteiger partial charge on any atom is 0.341 e. The Labute approximate surface area is 352 Å². The first-order valence-corrected chi connectivity index (χ1v) is 19.6. The van der Waals surface area contributed by atoms with Crippen molar-refractivity contribution in [1.29, 1.82) is 0 Å². The van der Waals surface area contributed by atoms with Crippen molar-refractivity contribution < 1.29 is 33.3 Å². The highest BCUT2D eigenvalue weighted by Gasteiger charge is 2.20. The first kappa shape index (κ1) is 46.6. The normalized spacial score (nSPS) is 10.9. The highest BCUT2D eigenvalue weighted by atomic mass is 35.5. The van der Waals surface area contributed by atoms with Crippen molar-refractivity contribution in [2.24, 2.45) is 11.8 Å². The molecule has 0 aliphatic rings. The van der Waals surface area contributed by atoms with Crippen LogP contribution in [0.1, 0.15) is 65.1 Å². The molecular formula is C46H51ClF2N4O7. The van der Waals surface area contributed by atoms with Crippen LogP contribution in [0.25, 0.3) is 21.8 Å². The first-order chi connectivity index (χ1) is 28.3. The minimum atomic E-state index is -1.33. The Bertz CT molecular complexity index is 2620. The van der Waals surface area contributed by atoms with Crippen LogP contribution in [0.15, 0.2) is 94.8 Å². The summed E-state index contributed by atoms with van der Waals surface area (Å²) < 4.78 is 36.9. The number of anilines is 1. The van der Waals surface area contributed by atoms with Crippen LogP contribution in [0.4, 0.5) is 14.5 Å². The van der Waals surface area contributed by atoms with Crippen molar-refractivity contribution in [3.8, 4) is 5.75 Å². The Kier molecular flexibility index (Phi) is 16.1. The highest BCUT2D eigenvalue weighted by molar-refractivity contribution is 6.31. The van der Waals surface area contributed by atoms with Gasteiger partial charge in [-0.2, -0.15) is 0 Å². The first-order valence-electron chi connectivity index (χ1n) is 19.2. The summed E-state index contributed by atoms with van der Waals surface area (Å²) in [6, 6.07) is 21.2. The molecule has 11 nitrogen and oxygen atoms in total. The van der Waals surface area contributed by atoms with Gasteiger partial charge in [0.15, 0.2) is 0 Å². The Balaban J connectivity index is 0.000000220. The molecule has 0 unspecified atom stereocenters. The Morgan fingerprint density at radius 3 is 1.80 bits per heavy atom. The van der Waals surface area contributed by atoms with Gasteiger partial charge >= 0.3 is 11.9 Å². The SMILES string of the molecule is CC(C)Cn1cc(C(=O)O)c(=O)c2cc(F)c(Cl)cc21.CNCc1cccc(OC)c1.Cc1cccc(CN(C)c2cc3c(cc2F)c(=O)c(C(=O)O)cn3CC(C)C)c1. The minimum Gasteiger partial charge on any atom is -0.497 e. The smallest absolute Gasteiger partial charge is 0.341 e. The molecule has 0 aliphatic carbocycles. The van der Waals surface area contributed by atoms with Crippen molar-refractivity contribution >= 4 is 51.0 Å². The Morgan fingerprint density at radius 1 is 0.783 bits per heavy atom. The lowest BCUT2D eigenvalue weighted by Crippen LogP contribution is -2.22. The van der Waals surface area contributed by atoms with E-state index in [2.05, 4.69) is 11.4 Å². The summed E-state index contributed by atoms with van der Waals surface area (Å²) in [5.74, 6) is -2.57. The van der Waals surface area contributed by atoms with Gasteiger partial charge in [0.25, 0.3) is 0 Å². The van der Waals surface area contributed by atoms with E-state index in [1.54, 1.807) is 34.3 Å². The molecule has 3 N–H and O–H groups in total. The molecule has 6 aromatic rings. The molecule has 4 aromatic carbocycles. The lowest BCUT2D eigenvalue weighted by atomic mass is 10.1. The van der Waals surface area contributed by atoms with Gasteiger partial charge in [-0.1, -0.05) is 81.3 Å². The van der Waals surface area contributed by atoms with Gasteiger partial charge in [0.2, 0.25) is 10.9 Å². The predicted octanol–water partition coefficient (Wildman–Crippen LogP) is 9.00. The van der Waals surface area contributed by atoms with Crippen LogP contribution in [0, 0.1) is 30.4 Å². The zero-order valence-corrected chi connectivity index (χ0v) is 35.7. The van der Waals surface area contributed by atoms with E-state index in [0.717, 1.165) is 35.6 Å². The topological polar surface area (TPSA) is 143 Å². The zero-order chi connectivity index (χ0) is 44.4. The van der Waals surface area contributed by atoms with Crippen LogP contribution in [-0.4, -0.2) is 52.5 Å². The van der Waals surface area contributed by atoms with Crippen LogP contribution in [0.5, 0.6) is 5.75 Å². The second-order valence-corrected chi connectivity index (χ2v) is 15.7. The largest absolute Gasteiger partial charge is 0.497 e. The number of hydrogen-bond donors (Lipinski definition) is 3. The lowest BCUT2D eigenvalue weighted by molar-refractivity contribution is 0.0684. The number of nitrogens with one attached hydrogen (secondary N) is 1. The van der Waals surface area contributed by atoms with Gasteiger partial charge in [0, 0.05) is 56.4 Å². The van der Waals surface area contributed by atoms with Crippen molar-refractivity contribution in [2.75, 3.05) is 26.1 Å². The molecule has 6 rings (SSSR count). The standard InChI is InChI=1S/C23H25FN2O3.C14H13ClFNO3.C9H13NO/c1-14(2)11-26-13-18(23(28)29)22(27)17-9-19(24)21(10-20(17)26)25(4)12-16-7-5-6-15(3)8-16;1-7(2)5-17-6-9(14(19)20)13(18)8-3-11(16)10(15)4-12(8)17;1-10-7-8-4-3-5-9(6-8)11-2/h5-10,13-14H,11-12H2,1-4H3,(H,28,29);3-4,6-7H,5H2,1-2H3,(H,19,20);3-6,10H,7H2,1-2H3. The molecule has 0 spiro atoms. The summed E-state index contributed by atoms with van der Waals surface area (Å²) in [7, 11) is 5.40. The van der Waals surface area contributed by atoms with Gasteiger partial charge < -0.3 is 34.3 Å². The summed E-state index contributed by atoms with van der Waals surface area (Å²) in [4.78, 5) is 49.1. The molecule has 60 heavy (non-hydrogen) atoms. The number of fused-ring (bicyclic) bond motifs is 2. The van der Waals surface area contributed by atoms with Crippen LogP contribution in [-0.2, 0) is 26.2 Å². The van der Waals surface area contributed by atoms with Crippen molar-refractivity contribution in [1.82, 2.24) is 14.5 Å². The number of aryl methyl sites for hydroxylation is 1. The third-order valence-electron chi connectivity index (χ3n) is 9.28. The van der Waals surface area contributed by atoms with Crippen molar-refractivity contribution in [3.05, 3.63) is 150 Å². The number of ether oxygens (including phenoxy) is 1. The molecule has 0 saturated heterocycles. The summed E-state index contributed by atoms with van der Waals surface area (Å²) >= 11 is 5.74.